The van der Waals surface area contributed by atoms with Crippen LogP contribution in [0.5, 0.6) is 0 Å². The van der Waals surface area contributed by atoms with Gasteiger partial charge >= 0.3 is 0 Å². The van der Waals surface area contributed by atoms with E-state index in [1.54, 1.807) is 24.3 Å². The lowest BCUT2D eigenvalue weighted by Crippen LogP contribution is -1.83. The first-order chi connectivity index (χ1) is 8.24. The first-order valence-corrected chi connectivity index (χ1v) is 5.15. The number of nitrogen functional groups attached to an aromatic ring is 1. The van der Waals surface area contributed by atoms with Crippen LogP contribution in [0.2, 0.25) is 0 Å². The van der Waals surface area contributed by atoms with Crippen LogP contribution in [0.1, 0.15) is 0 Å². The smallest absolute Gasteiger partial charge is 0.174 e. The number of hydrogen-bond acceptors (Lipinski definition) is 3. The van der Waals surface area contributed by atoms with Gasteiger partial charge in [-0.2, -0.15) is 0 Å². The lowest BCUT2D eigenvalue weighted by molar-refractivity contribution is 0.441. The summed E-state index contributed by atoms with van der Waals surface area (Å²) in [6.45, 7) is 0. The molecule has 0 aliphatic heterocycles. The second-order valence-corrected chi connectivity index (χ2v) is 3.80. The van der Waals surface area contributed by atoms with Gasteiger partial charge in [-0.3, -0.25) is 0 Å². The lowest BCUT2D eigenvalue weighted by Gasteiger charge is -1.96. The number of nitrogens with zero attached hydrogens (tertiary/aromatic N) is 1. The summed E-state index contributed by atoms with van der Waals surface area (Å²) < 4.78 is 18.1. The number of benzene rings is 2. The normalized spacial score (nSPS) is 10.9. The first kappa shape index (κ1) is 9.84. The maximum atomic E-state index is 12.8. The van der Waals surface area contributed by atoms with Crippen LogP contribution in [0, 0.1) is 5.82 Å². The maximum Gasteiger partial charge on any atom is 0.174 e. The summed E-state index contributed by atoms with van der Waals surface area (Å²) in [5.74, 6) is 0.349. The maximum absolute atomic E-state index is 12.8. The Labute approximate surface area is 96.6 Å². The highest BCUT2D eigenvalue weighted by Gasteiger charge is 2.10. The number of aromatic nitrogens is 1. The molecule has 0 aliphatic carbocycles. The van der Waals surface area contributed by atoms with E-state index in [-0.39, 0.29) is 5.82 Å². The highest BCUT2D eigenvalue weighted by atomic mass is 19.1. The highest BCUT2D eigenvalue weighted by molar-refractivity contribution is 5.92. The molecule has 1 aromatic heterocycles. The number of halogens is 1. The van der Waals surface area contributed by atoms with E-state index in [9.17, 15) is 4.39 Å². The molecule has 0 aliphatic rings. The highest BCUT2D eigenvalue weighted by Crippen LogP contribution is 2.29. The van der Waals surface area contributed by atoms with Crippen molar-refractivity contribution in [1.29, 1.82) is 0 Å². The van der Waals surface area contributed by atoms with Crippen molar-refractivity contribution >= 4 is 16.6 Å². The topological polar surface area (TPSA) is 52.0 Å². The van der Waals surface area contributed by atoms with E-state index in [4.69, 9.17) is 10.3 Å². The average Bonchev–Trinajstić information content (AvgIpc) is 2.73. The van der Waals surface area contributed by atoms with Crippen LogP contribution in [0.4, 0.5) is 10.1 Å². The average molecular weight is 228 g/mol. The first-order valence-electron chi connectivity index (χ1n) is 5.15. The van der Waals surface area contributed by atoms with Crippen LogP contribution in [0.25, 0.3) is 22.2 Å². The molecular weight excluding hydrogens is 219 g/mol. The van der Waals surface area contributed by atoms with E-state index in [0.29, 0.717) is 17.0 Å². The van der Waals surface area contributed by atoms with Crippen molar-refractivity contribution in [3.8, 4) is 11.3 Å². The van der Waals surface area contributed by atoms with Crippen molar-refractivity contribution in [2.45, 2.75) is 0 Å². The Kier molecular flexibility index (Phi) is 2.08. The van der Waals surface area contributed by atoms with Crippen molar-refractivity contribution in [1.82, 2.24) is 5.16 Å². The lowest BCUT2D eigenvalue weighted by atomic mass is 10.1. The Hall–Kier alpha value is -2.36. The molecule has 84 valence electrons. The molecule has 0 spiro atoms. The van der Waals surface area contributed by atoms with Gasteiger partial charge in [-0.1, -0.05) is 5.16 Å². The molecule has 0 bridgehead atoms. The summed E-state index contributed by atoms with van der Waals surface area (Å²) in [6, 6.07) is 11.5. The van der Waals surface area contributed by atoms with Crippen molar-refractivity contribution < 1.29 is 8.91 Å². The van der Waals surface area contributed by atoms with Crippen LogP contribution >= 0.6 is 0 Å². The Morgan fingerprint density at radius 3 is 2.59 bits per heavy atom. The largest absolute Gasteiger partial charge is 0.399 e. The molecule has 0 saturated heterocycles. The number of hydrogen-bond donors (Lipinski definition) is 1. The van der Waals surface area contributed by atoms with Gasteiger partial charge in [-0.15, -0.1) is 0 Å². The minimum atomic E-state index is -0.276. The summed E-state index contributed by atoms with van der Waals surface area (Å²) in [5.41, 5.74) is 7.78. The molecule has 3 aromatic rings. The Bertz CT molecular complexity index is 673. The molecule has 17 heavy (non-hydrogen) atoms. The molecule has 0 saturated carbocycles. The summed E-state index contributed by atoms with van der Waals surface area (Å²) >= 11 is 0. The monoisotopic (exact) mass is 228 g/mol. The SMILES string of the molecule is Nc1ccc2c(-c3ccc(F)cc3)onc2c1. The molecule has 3 rings (SSSR count). The standard InChI is InChI=1S/C13H9FN2O/c14-9-3-1-8(2-4-9)13-11-6-5-10(15)7-12(11)16-17-13/h1-7H,15H2. The van der Waals surface area contributed by atoms with Crippen molar-refractivity contribution in [3.63, 3.8) is 0 Å². The fourth-order valence-corrected chi connectivity index (χ4v) is 1.77. The molecule has 4 heteroatoms. The third-order valence-electron chi connectivity index (χ3n) is 2.61. The molecule has 1 heterocycles. The van der Waals surface area contributed by atoms with Crippen LogP contribution in [0.3, 0.4) is 0 Å². The second kappa shape index (κ2) is 3.59. The fourth-order valence-electron chi connectivity index (χ4n) is 1.77. The number of fused-ring (bicyclic) bond motifs is 1. The molecule has 2 N–H and O–H groups in total. The molecular formula is C13H9FN2O. The van der Waals surface area contributed by atoms with Crippen molar-refractivity contribution in [2.24, 2.45) is 0 Å². The van der Waals surface area contributed by atoms with E-state index < -0.39 is 0 Å². The summed E-state index contributed by atoms with van der Waals surface area (Å²) in [4.78, 5) is 0. The zero-order valence-corrected chi connectivity index (χ0v) is 8.85. The molecule has 0 unspecified atom stereocenters. The number of anilines is 1. The van der Waals surface area contributed by atoms with E-state index in [1.807, 2.05) is 6.07 Å². The van der Waals surface area contributed by atoms with Gasteiger partial charge in [0.2, 0.25) is 0 Å². The van der Waals surface area contributed by atoms with Crippen molar-refractivity contribution in [2.75, 3.05) is 5.73 Å². The molecule has 0 atom stereocenters. The van der Waals surface area contributed by atoms with Gasteiger partial charge in [-0.25, -0.2) is 4.39 Å². The Morgan fingerprint density at radius 1 is 1.06 bits per heavy atom. The fraction of sp³-hybridized carbons (Fsp3) is 0. The summed E-state index contributed by atoms with van der Waals surface area (Å²) in [5, 5.41) is 4.80. The Balaban J connectivity index is 2.21. The van der Waals surface area contributed by atoms with Crippen LogP contribution in [-0.4, -0.2) is 5.16 Å². The third-order valence-corrected chi connectivity index (χ3v) is 2.61. The van der Waals surface area contributed by atoms with E-state index in [1.165, 1.54) is 12.1 Å². The van der Waals surface area contributed by atoms with Gasteiger partial charge in [0, 0.05) is 16.6 Å². The van der Waals surface area contributed by atoms with Gasteiger partial charge in [0.15, 0.2) is 5.76 Å². The predicted molar refractivity (Wildman–Crippen MR) is 63.8 cm³/mol. The minimum Gasteiger partial charge on any atom is -0.399 e. The van der Waals surface area contributed by atoms with Gasteiger partial charge in [-0.05, 0) is 42.5 Å². The zero-order chi connectivity index (χ0) is 11.8. The molecule has 0 radical (unpaired) electrons. The van der Waals surface area contributed by atoms with Gasteiger partial charge in [0.1, 0.15) is 11.3 Å². The number of rotatable bonds is 1. The Morgan fingerprint density at radius 2 is 1.82 bits per heavy atom. The predicted octanol–water partition coefficient (Wildman–Crippen LogP) is 3.22. The van der Waals surface area contributed by atoms with Crippen LogP contribution < -0.4 is 5.73 Å². The minimum absolute atomic E-state index is 0.276. The third kappa shape index (κ3) is 1.63. The quantitative estimate of drug-likeness (QED) is 0.650. The molecule has 3 nitrogen and oxygen atoms in total. The van der Waals surface area contributed by atoms with Gasteiger partial charge in [0.25, 0.3) is 0 Å². The molecule has 0 fully saturated rings. The molecule has 2 aromatic carbocycles. The van der Waals surface area contributed by atoms with E-state index >= 15 is 0 Å². The summed E-state index contributed by atoms with van der Waals surface area (Å²) in [6.07, 6.45) is 0. The van der Waals surface area contributed by atoms with Gasteiger partial charge < -0.3 is 10.3 Å². The summed E-state index contributed by atoms with van der Waals surface area (Å²) in [7, 11) is 0. The molecule has 0 amide bonds. The van der Waals surface area contributed by atoms with E-state index in [2.05, 4.69) is 5.16 Å². The van der Waals surface area contributed by atoms with Crippen LogP contribution in [0.15, 0.2) is 47.0 Å². The van der Waals surface area contributed by atoms with E-state index in [0.717, 1.165) is 10.9 Å². The number of nitrogens with two attached hydrogens (primary N) is 1. The zero-order valence-electron chi connectivity index (χ0n) is 8.85. The second-order valence-electron chi connectivity index (χ2n) is 3.80. The van der Waals surface area contributed by atoms with Crippen LogP contribution in [-0.2, 0) is 0 Å². The van der Waals surface area contributed by atoms with Gasteiger partial charge in [0.05, 0.1) is 0 Å². The van der Waals surface area contributed by atoms with Crippen molar-refractivity contribution in [3.05, 3.63) is 48.3 Å².